The summed E-state index contributed by atoms with van der Waals surface area (Å²) >= 11 is 0. The molecule has 1 atom stereocenters. The summed E-state index contributed by atoms with van der Waals surface area (Å²) in [4.78, 5) is 2.11. The van der Waals surface area contributed by atoms with Crippen molar-refractivity contribution in [3.8, 4) is 0 Å². The van der Waals surface area contributed by atoms with Crippen LogP contribution in [0.15, 0.2) is 12.1 Å². The lowest BCUT2D eigenvalue weighted by Crippen LogP contribution is -2.42. The highest BCUT2D eigenvalue weighted by atomic mass is 19.1. The van der Waals surface area contributed by atoms with E-state index in [1.54, 1.807) is 6.92 Å². The zero-order chi connectivity index (χ0) is 11.6. The Balaban J connectivity index is 1.97. The molecule has 1 aliphatic heterocycles. The van der Waals surface area contributed by atoms with Gasteiger partial charge in [-0.2, -0.15) is 10.2 Å². The molecular weight excluding hydrogens is 205 g/mol. The highest BCUT2D eigenvalue weighted by Crippen LogP contribution is 2.25. The molecule has 16 heavy (non-hydrogen) atoms. The molecule has 0 amide bonds. The van der Waals surface area contributed by atoms with Crippen LogP contribution in [-0.4, -0.2) is 33.9 Å². The van der Waals surface area contributed by atoms with Crippen molar-refractivity contribution < 1.29 is 4.39 Å². The largest absolute Gasteiger partial charge is 0.294 e. The second-order valence-corrected chi connectivity index (χ2v) is 4.89. The second-order valence-electron chi connectivity index (χ2n) is 4.89. The molecule has 0 spiro atoms. The minimum absolute atomic E-state index is 0.503. The van der Waals surface area contributed by atoms with Gasteiger partial charge in [0.2, 0.25) is 0 Å². The molecule has 0 unspecified atom stereocenters. The minimum Gasteiger partial charge on any atom is -0.294 e. The van der Waals surface area contributed by atoms with E-state index in [1.165, 1.54) is 0 Å². The van der Waals surface area contributed by atoms with E-state index in [1.807, 2.05) is 19.1 Å². The van der Waals surface area contributed by atoms with Gasteiger partial charge in [-0.3, -0.25) is 4.90 Å². The first-order valence-electron chi connectivity index (χ1n) is 5.76. The maximum Gasteiger partial charge on any atom is 0.120 e. The van der Waals surface area contributed by atoms with Crippen molar-refractivity contribution in [2.24, 2.45) is 0 Å². The summed E-state index contributed by atoms with van der Waals surface area (Å²) in [6, 6.07) is 3.91. The minimum atomic E-state index is -1.05. The Labute approximate surface area is 95.7 Å². The van der Waals surface area contributed by atoms with Crippen LogP contribution >= 0.6 is 0 Å². The third-order valence-corrected chi connectivity index (χ3v) is 2.96. The fraction of sp³-hybridized carbons (Fsp3) is 0.667. The molecule has 0 aliphatic carbocycles. The van der Waals surface area contributed by atoms with Gasteiger partial charge in [0.25, 0.3) is 0 Å². The van der Waals surface area contributed by atoms with E-state index in [4.69, 9.17) is 0 Å². The predicted octanol–water partition coefficient (Wildman–Crippen LogP) is 2.11. The van der Waals surface area contributed by atoms with Gasteiger partial charge in [-0.25, -0.2) is 4.39 Å². The molecule has 0 radical (unpaired) electrons. The average molecular weight is 223 g/mol. The number of likely N-dealkylation sites (tertiary alicyclic amines) is 1. The van der Waals surface area contributed by atoms with Crippen molar-refractivity contribution in [1.29, 1.82) is 0 Å². The Morgan fingerprint density at radius 1 is 1.44 bits per heavy atom. The molecule has 2 rings (SSSR count). The van der Waals surface area contributed by atoms with E-state index in [0.717, 1.165) is 24.4 Å². The summed E-state index contributed by atoms with van der Waals surface area (Å²) < 4.78 is 13.8. The molecule has 0 N–H and O–H groups in total. The lowest BCUT2D eigenvalue weighted by Gasteiger charge is -2.34. The van der Waals surface area contributed by atoms with Gasteiger partial charge in [0.05, 0.1) is 11.4 Å². The van der Waals surface area contributed by atoms with Crippen molar-refractivity contribution in [2.45, 2.75) is 38.9 Å². The van der Waals surface area contributed by atoms with Gasteiger partial charge in [0.15, 0.2) is 0 Å². The number of halogens is 1. The molecule has 1 fully saturated rings. The van der Waals surface area contributed by atoms with Crippen LogP contribution in [0.2, 0.25) is 0 Å². The number of alkyl halides is 1. The summed E-state index contributed by atoms with van der Waals surface area (Å²) in [5.74, 6) is 0. The van der Waals surface area contributed by atoms with Crippen molar-refractivity contribution >= 4 is 0 Å². The summed E-state index contributed by atoms with van der Waals surface area (Å²) in [6.45, 7) is 5.75. The number of aromatic nitrogens is 2. The lowest BCUT2D eigenvalue weighted by molar-refractivity contribution is 0.0555. The molecule has 3 nitrogen and oxygen atoms in total. The normalized spacial score (nSPS) is 26.9. The molecule has 0 saturated carbocycles. The van der Waals surface area contributed by atoms with E-state index in [0.29, 0.717) is 19.5 Å². The number of hydrogen-bond acceptors (Lipinski definition) is 3. The first kappa shape index (κ1) is 11.5. The summed E-state index contributed by atoms with van der Waals surface area (Å²) in [7, 11) is 0. The van der Waals surface area contributed by atoms with Crippen molar-refractivity contribution in [3.05, 3.63) is 23.5 Å². The standard InChI is InChI=1S/C12H18FN3/c1-10-4-5-11(15-14-10)8-16-7-3-6-12(2,13)9-16/h4-5H,3,6-9H2,1-2H3/t12-/m0/s1. The van der Waals surface area contributed by atoms with Crippen LogP contribution in [0.1, 0.15) is 31.2 Å². The van der Waals surface area contributed by atoms with E-state index in [-0.39, 0.29) is 0 Å². The van der Waals surface area contributed by atoms with Crippen molar-refractivity contribution in [2.75, 3.05) is 13.1 Å². The first-order chi connectivity index (χ1) is 7.55. The van der Waals surface area contributed by atoms with Crippen LogP contribution < -0.4 is 0 Å². The average Bonchev–Trinajstić information content (AvgIpc) is 2.20. The maximum absolute atomic E-state index is 13.8. The molecule has 88 valence electrons. The van der Waals surface area contributed by atoms with Gasteiger partial charge in [-0.05, 0) is 45.4 Å². The van der Waals surface area contributed by atoms with E-state index in [9.17, 15) is 4.39 Å². The topological polar surface area (TPSA) is 29.0 Å². The van der Waals surface area contributed by atoms with Crippen LogP contribution in [0.25, 0.3) is 0 Å². The number of nitrogens with zero attached hydrogens (tertiary/aromatic N) is 3. The van der Waals surface area contributed by atoms with Gasteiger partial charge < -0.3 is 0 Å². The van der Waals surface area contributed by atoms with Crippen LogP contribution in [-0.2, 0) is 6.54 Å². The Kier molecular flexibility index (Phi) is 3.19. The van der Waals surface area contributed by atoms with Gasteiger partial charge in [0, 0.05) is 13.1 Å². The fourth-order valence-electron chi connectivity index (χ4n) is 2.17. The Morgan fingerprint density at radius 3 is 2.88 bits per heavy atom. The van der Waals surface area contributed by atoms with Crippen molar-refractivity contribution in [1.82, 2.24) is 15.1 Å². The Bertz CT molecular complexity index is 348. The van der Waals surface area contributed by atoms with Gasteiger partial charge in [-0.15, -0.1) is 0 Å². The van der Waals surface area contributed by atoms with E-state index >= 15 is 0 Å². The third-order valence-electron chi connectivity index (χ3n) is 2.96. The molecular formula is C12H18FN3. The van der Waals surface area contributed by atoms with E-state index in [2.05, 4.69) is 15.1 Å². The van der Waals surface area contributed by atoms with Crippen LogP contribution in [0, 0.1) is 6.92 Å². The molecule has 1 aliphatic rings. The molecule has 0 bridgehead atoms. The van der Waals surface area contributed by atoms with Gasteiger partial charge in [0.1, 0.15) is 5.67 Å². The molecule has 2 heterocycles. The fourth-order valence-corrected chi connectivity index (χ4v) is 2.17. The van der Waals surface area contributed by atoms with Crippen LogP contribution in [0.3, 0.4) is 0 Å². The van der Waals surface area contributed by atoms with Gasteiger partial charge in [-0.1, -0.05) is 0 Å². The summed E-state index contributed by atoms with van der Waals surface area (Å²) in [5.41, 5.74) is 0.789. The highest BCUT2D eigenvalue weighted by Gasteiger charge is 2.30. The Morgan fingerprint density at radius 2 is 2.25 bits per heavy atom. The quantitative estimate of drug-likeness (QED) is 0.769. The number of piperidine rings is 1. The number of aryl methyl sites for hydroxylation is 1. The molecule has 0 aromatic carbocycles. The smallest absolute Gasteiger partial charge is 0.120 e. The monoisotopic (exact) mass is 223 g/mol. The molecule has 1 aromatic rings. The van der Waals surface area contributed by atoms with Gasteiger partial charge >= 0.3 is 0 Å². The lowest BCUT2D eigenvalue weighted by atomic mass is 9.97. The Hall–Kier alpha value is -1.03. The highest BCUT2D eigenvalue weighted by molar-refractivity contribution is 5.05. The van der Waals surface area contributed by atoms with Crippen LogP contribution in [0.5, 0.6) is 0 Å². The van der Waals surface area contributed by atoms with Crippen LogP contribution in [0.4, 0.5) is 4.39 Å². The van der Waals surface area contributed by atoms with Crippen molar-refractivity contribution in [3.63, 3.8) is 0 Å². The maximum atomic E-state index is 13.8. The third kappa shape index (κ3) is 2.98. The SMILES string of the molecule is Cc1ccc(CN2CCC[C@](C)(F)C2)nn1. The molecule has 1 saturated heterocycles. The number of hydrogen-bond donors (Lipinski definition) is 0. The summed E-state index contributed by atoms with van der Waals surface area (Å²) in [6.07, 6.45) is 1.59. The molecule has 1 aromatic heterocycles. The zero-order valence-electron chi connectivity index (χ0n) is 9.91. The molecule has 4 heteroatoms. The second kappa shape index (κ2) is 4.45. The predicted molar refractivity (Wildman–Crippen MR) is 60.8 cm³/mol. The summed E-state index contributed by atoms with van der Waals surface area (Å²) in [5, 5.41) is 8.12. The van der Waals surface area contributed by atoms with E-state index < -0.39 is 5.67 Å². The zero-order valence-corrected chi connectivity index (χ0v) is 9.91. The number of rotatable bonds is 2. The first-order valence-corrected chi connectivity index (χ1v) is 5.76.